The highest BCUT2D eigenvalue weighted by atomic mass is 32.2. The average Bonchev–Trinajstić information content (AvgIpc) is 2.47. The molecule has 1 aromatic carbocycles. The van der Waals surface area contributed by atoms with Crippen LogP contribution < -0.4 is 15.8 Å². The second kappa shape index (κ2) is 6.11. The van der Waals surface area contributed by atoms with Gasteiger partial charge in [-0.15, -0.1) is 0 Å². The van der Waals surface area contributed by atoms with Crippen molar-refractivity contribution in [2.45, 2.75) is 18.4 Å². The summed E-state index contributed by atoms with van der Waals surface area (Å²) in [5.74, 6) is 0. The van der Waals surface area contributed by atoms with Gasteiger partial charge in [-0.25, -0.2) is 13.1 Å². The van der Waals surface area contributed by atoms with Crippen LogP contribution in [0.4, 0.5) is 11.4 Å². The van der Waals surface area contributed by atoms with Crippen molar-refractivity contribution < 1.29 is 8.42 Å². The Morgan fingerprint density at radius 1 is 1.29 bits per heavy atom. The molecule has 0 fully saturated rings. The summed E-state index contributed by atoms with van der Waals surface area (Å²) in [5, 5.41) is 3.12. The second-order valence-electron chi connectivity index (χ2n) is 4.62. The topological polar surface area (TPSA) is 97.1 Å². The highest BCUT2D eigenvalue weighted by molar-refractivity contribution is 7.89. The van der Waals surface area contributed by atoms with Crippen molar-refractivity contribution in [3.63, 3.8) is 0 Å². The Balaban J connectivity index is 2.31. The average molecular weight is 306 g/mol. The Hall–Kier alpha value is -2.12. The third kappa shape index (κ3) is 3.50. The number of nitrogens with zero attached hydrogens (tertiary/aromatic N) is 1. The molecule has 2 rings (SSSR count). The van der Waals surface area contributed by atoms with Crippen LogP contribution >= 0.6 is 0 Å². The number of nitrogens with one attached hydrogen (secondary N) is 2. The molecule has 0 radical (unpaired) electrons. The van der Waals surface area contributed by atoms with Gasteiger partial charge in [0, 0.05) is 24.6 Å². The number of nitrogens with two attached hydrogens (primary N) is 1. The lowest BCUT2D eigenvalue weighted by Gasteiger charge is -2.13. The van der Waals surface area contributed by atoms with Gasteiger partial charge in [-0.2, -0.15) is 0 Å². The molecule has 0 aliphatic rings. The van der Waals surface area contributed by atoms with E-state index < -0.39 is 10.0 Å². The summed E-state index contributed by atoms with van der Waals surface area (Å²) in [5.41, 5.74) is 8.67. The fourth-order valence-corrected chi connectivity index (χ4v) is 2.83. The molecule has 7 heteroatoms. The van der Waals surface area contributed by atoms with Crippen LogP contribution in [0.1, 0.15) is 11.1 Å². The third-order valence-corrected chi connectivity index (χ3v) is 4.63. The molecule has 112 valence electrons. The second-order valence-corrected chi connectivity index (χ2v) is 6.47. The first-order valence-electron chi connectivity index (χ1n) is 6.40. The van der Waals surface area contributed by atoms with Crippen molar-refractivity contribution in [3.8, 4) is 0 Å². The summed E-state index contributed by atoms with van der Waals surface area (Å²) >= 11 is 0. The molecule has 6 nitrogen and oxygen atoms in total. The van der Waals surface area contributed by atoms with E-state index in [0.29, 0.717) is 17.9 Å². The zero-order valence-electron chi connectivity index (χ0n) is 11.9. The maximum atomic E-state index is 12.0. The van der Waals surface area contributed by atoms with Crippen LogP contribution in [0.2, 0.25) is 0 Å². The molecular formula is C14H18N4O2S. The van der Waals surface area contributed by atoms with Crippen molar-refractivity contribution in [1.29, 1.82) is 0 Å². The van der Waals surface area contributed by atoms with E-state index in [0.717, 1.165) is 11.1 Å². The number of rotatable bonds is 5. The molecule has 0 atom stereocenters. The van der Waals surface area contributed by atoms with Crippen LogP contribution in [-0.2, 0) is 16.6 Å². The first-order valence-corrected chi connectivity index (χ1v) is 7.89. The van der Waals surface area contributed by atoms with Gasteiger partial charge in [0.15, 0.2) is 0 Å². The lowest BCUT2D eigenvalue weighted by atomic mass is 10.1. The molecule has 0 unspecified atom stereocenters. The first kappa shape index (κ1) is 15.3. The van der Waals surface area contributed by atoms with Gasteiger partial charge in [0.25, 0.3) is 0 Å². The van der Waals surface area contributed by atoms with E-state index in [-0.39, 0.29) is 4.90 Å². The van der Waals surface area contributed by atoms with Gasteiger partial charge >= 0.3 is 0 Å². The number of benzene rings is 1. The summed E-state index contributed by atoms with van der Waals surface area (Å²) in [6.45, 7) is 2.46. The Labute approximate surface area is 124 Å². The zero-order chi connectivity index (χ0) is 15.5. The van der Waals surface area contributed by atoms with Crippen LogP contribution in [-0.4, -0.2) is 20.4 Å². The molecule has 2 aromatic rings. The SMILES string of the molecule is CNS(=O)(=O)c1cc(N)ccc1NCc1cnccc1C. The highest BCUT2D eigenvalue weighted by Gasteiger charge is 2.17. The predicted molar refractivity (Wildman–Crippen MR) is 83.4 cm³/mol. The lowest BCUT2D eigenvalue weighted by molar-refractivity contribution is 0.588. The molecule has 0 bridgehead atoms. The van der Waals surface area contributed by atoms with Crippen molar-refractivity contribution in [1.82, 2.24) is 9.71 Å². The number of aryl methyl sites for hydroxylation is 1. The molecule has 0 saturated carbocycles. The molecule has 0 aliphatic heterocycles. The fourth-order valence-electron chi connectivity index (χ4n) is 1.89. The number of pyridine rings is 1. The standard InChI is InChI=1S/C14H18N4O2S/c1-10-5-6-17-8-11(10)9-18-13-4-3-12(15)7-14(13)21(19,20)16-2/h3-8,16,18H,9,15H2,1-2H3. The molecule has 0 spiro atoms. The Bertz CT molecular complexity index is 744. The molecule has 0 saturated heterocycles. The Morgan fingerprint density at radius 2 is 2.05 bits per heavy atom. The third-order valence-electron chi connectivity index (χ3n) is 3.18. The van der Waals surface area contributed by atoms with E-state index >= 15 is 0 Å². The van der Waals surface area contributed by atoms with Gasteiger partial charge in [0.2, 0.25) is 10.0 Å². The van der Waals surface area contributed by atoms with Gasteiger partial charge in [0.05, 0.1) is 5.69 Å². The quantitative estimate of drug-likeness (QED) is 0.727. The van der Waals surface area contributed by atoms with Crippen molar-refractivity contribution in [3.05, 3.63) is 47.8 Å². The predicted octanol–water partition coefficient (Wildman–Crippen LogP) is 1.49. The summed E-state index contributed by atoms with van der Waals surface area (Å²) in [7, 11) is -2.21. The van der Waals surface area contributed by atoms with Crippen LogP contribution in [0.3, 0.4) is 0 Å². The van der Waals surface area contributed by atoms with Crippen molar-refractivity contribution in [2.24, 2.45) is 0 Å². The number of hydrogen-bond donors (Lipinski definition) is 3. The largest absolute Gasteiger partial charge is 0.399 e. The van der Waals surface area contributed by atoms with E-state index in [2.05, 4.69) is 15.0 Å². The monoisotopic (exact) mass is 306 g/mol. The van der Waals surface area contributed by atoms with E-state index in [1.807, 2.05) is 13.0 Å². The van der Waals surface area contributed by atoms with Crippen molar-refractivity contribution >= 4 is 21.4 Å². The molecule has 21 heavy (non-hydrogen) atoms. The molecular weight excluding hydrogens is 288 g/mol. The fraction of sp³-hybridized carbons (Fsp3) is 0.214. The number of aromatic nitrogens is 1. The summed E-state index contributed by atoms with van der Waals surface area (Å²) in [6.07, 6.45) is 3.48. The zero-order valence-corrected chi connectivity index (χ0v) is 12.7. The van der Waals surface area contributed by atoms with E-state index in [4.69, 9.17) is 5.73 Å². The van der Waals surface area contributed by atoms with Gasteiger partial charge < -0.3 is 11.1 Å². The van der Waals surface area contributed by atoms with Gasteiger partial charge in [-0.05, 0) is 49.4 Å². The smallest absolute Gasteiger partial charge is 0.242 e. The van der Waals surface area contributed by atoms with Crippen molar-refractivity contribution in [2.75, 3.05) is 18.1 Å². The lowest BCUT2D eigenvalue weighted by Crippen LogP contribution is -2.20. The molecule has 0 aliphatic carbocycles. The van der Waals surface area contributed by atoms with Gasteiger partial charge in [-0.3, -0.25) is 4.98 Å². The van der Waals surface area contributed by atoms with Crippen LogP contribution in [0.15, 0.2) is 41.6 Å². The van der Waals surface area contributed by atoms with E-state index in [1.165, 1.54) is 13.1 Å². The Kier molecular flexibility index (Phi) is 4.44. The van der Waals surface area contributed by atoms with Crippen LogP contribution in [0, 0.1) is 6.92 Å². The maximum absolute atomic E-state index is 12.0. The molecule has 1 aromatic heterocycles. The molecule has 0 amide bonds. The minimum Gasteiger partial charge on any atom is -0.399 e. The van der Waals surface area contributed by atoms with Gasteiger partial charge in [0.1, 0.15) is 4.90 Å². The maximum Gasteiger partial charge on any atom is 0.242 e. The van der Waals surface area contributed by atoms with Gasteiger partial charge in [-0.1, -0.05) is 0 Å². The molecule has 1 heterocycles. The number of anilines is 2. The number of hydrogen-bond acceptors (Lipinski definition) is 5. The summed E-state index contributed by atoms with van der Waals surface area (Å²) in [4.78, 5) is 4.20. The number of nitrogen functional groups attached to an aromatic ring is 1. The Morgan fingerprint density at radius 3 is 2.71 bits per heavy atom. The minimum atomic E-state index is -3.57. The minimum absolute atomic E-state index is 0.131. The molecule has 4 N–H and O–H groups in total. The first-order chi connectivity index (χ1) is 9.94. The highest BCUT2D eigenvalue weighted by Crippen LogP contribution is 2.24. The number of sulfonamides is 1. The van der Waals surface area contributed by atoms with Crippen LogP contribution in [0.25, 0.3) is 0 Å². The summed E-state index contributed by atoms with van der Waals surface area (Å²) in [6, 6.07) is 6.66. The van der Waals surface area contributed by atoms with Crippen LogP contribution in [0.5, 0.6) is 0 Å². The normalized spacial score (nSPS) is 11.3. The van der Waals surface area contributed by atoms with E-state index in [9.17, 15) is 8.42 Å². The summed E-state index contributed by atoms with van der Waals surface area (Å²) < 4.78 is 26.4. The van der Waals surface area contributed by atoms with E-state index in [1.54, 1.807) is 24.5 Å².